The van der Waals surface area contributed by atoms with Crippen LogP contribution in [0.15, 0.2) is 83.8 Å². The van der Waals surface area contributed by atoms with E-state index >= 15 is 0 Å². The molecule has 12 heteroatoms. The molecule has 212 valence electrons. The molecule has 0 saturated carbocycles. The first-order valence-corrected chi connectivity index (χ1v) is 13.9. The van der Waals surface area contributed by atoms with Crippen LogP contribution in [0.2, 0.25) is 0 Å². The topological polar surface area (TPSA) is 182 Å². The second-order valence-electron chi connectivity index (χ2n) is 9.08. The number of ether oxygens (including phenoxy) is 1. The average Bonchev–Trinajstić information content (AvgIpc) is 2.91. The lowest BCUT2D eigenvalue weighted by molar-refractivity contribution is -0.144. The van der Waals surface area contributed by atoms with Crippen LogP contribution in [-0.2, 0) is 37.3 Å². The molecule has 0 aliphatic carbocycles. The number of nitrogens with zero attached hydrogens (tertiary/aromatic N) is 1. The molecule has 0 spiro atoms. The highest BCUT2D eigenvalue weighted by molar-refractivity contribution is 7.92. The number of phenolic OH excluding ortho intramolecular Hbond substituents is 1. The minimum Gasteiger partial charge on any atom is -0.505 e. The van der Waals surface area contributed by atoms with E-state index in [4.69, 9.17) is 16.2 Å². The summed E-state index contributed by atoms with van der Waals surface area (Å²) in [4.78, 5) is 37.2. The van der Waals surface area contributed by atoms with Crippen LogP contribution in [0.5, 0.6) is 5.75 Å². The molecule has 0 bridgehead atoms. The van der Waals surface area contributed by atoms with Crippen LogP contribution in [-0.4, -0.2) is 43.6 Å². The number of rotatable bonds is 13. The predicted molar refractivity (Wildman–Crippen MR) is 149 cm³/mol. The van der Waals surface area contributed by atoms with Crippen molar-refractivity contribution in [2.75, 3.05) is 10.8 Å². The molecule has 3 amide bonds. The van der Waals surface area contributed by atoms with Crippen molar-refractivity contribution in [1.29, 1.82) is 0 Å². The van der Waals surface area contributed by atoms with E-state index in [-0.39, 0.29) is 41.4 Å². The van der Waals surface area contributed by atoms with Crippen molar-refractivity contribution in [3.63, 3.8) is 0 Å². The van der Waals surface area contributed by atoms with Crippen LogP contribution < -0.4 is 21.1 Å². The number of amides is 3. The van der Waals surface area contributed by atoms with Crippen LogP contribution in [0.4, 0.5) is 10.5 Å². The molecule has 0 heterocycles. The first kappa shape index (κ1) is 30.0. The zero-order chi connectivity index (χ0) is 29.3. The third-order valence-corrected chi connectivity index (χ3v) is 7.89. The second kappa shape index (κ2) is 13.0. The fourth-order valence-corrected chi connectivity index (χ4v) is 5.88. The van der Waals surface area contributed by atoms with Gasteiger partial charge in [-0.15, -0.1) is 0 Å². The summed E-state index contributed by atoms with van der Waals surface area (Å²) in [6, 6.07) is 20.9. The van der Waals surface area contributed by atoms with E-state index in [0.29, 0.717) is 12.0 Å². The number of aromatic hydroxyl groups is 1. The van der Waals surface area contributed by atoms with Crippen molar-refractivity contribution in [3.8, 4) is 5.75 Å². The third-order valence-electron chi connectivity index (χ3n) is 6.07. The summed E-state index contributed by atoms with van der Waals surface area (Å²) >= 11 is 0. The van der Waals surface area contributed by atoms with Crippen molar-refractivity contribution in [1.82, 2.24) is 5.32 Å². The van der Waals surface area contributed by atoms with Gasteiger partial charge in [-0.2, -0.15) is 0 Å². The first-order chi connectivity index (χ1) is 19.0. The molecule has 0 aliphatic rings. The van der Waals surface area contributed by atoms with Gasteiger partial charge >= 0.3 is 6.09 Å². The minimum absolute atomic E-state index is 0.0264. The Morgan fingerprint density at radius 1 is 0.950 bits per heavy atom. The minimum atomic E-state index is -4.01. The van der Waals surface area contributed by atoms with E-state index in [1.165, 1.54) is 24.3 Å². The Bertz CT molecular complexity index is 1430. The number of nitrogens with one attached hydrogen (secondary N) is 1. The second-order valence-corrected chi connectivity index (χ2v) is 10.9. The summed E-state index contributed by atoms with van der Waals surface area (Å²) in [6.07, 6.45) is -1.66. The molecule has 40 heavy (non-hydrogen) atoms. The molecule has 0 aliphatic heterocycles. The van der Waals surface area contributed by atoms with Gasteiger partial charge in [0.15, 0.2) is 0 Å². The Morgan fingerprint density at radius 3 is 2.15 bits per heavy atom. The number of phenols is 1. The van der Waals surface area contributed by atoms with Crippen molar-refractivity contribution in [2.45, 2.75) is 43.2 Å². The number of hydrogen-bond donors (Lipinski definition) is 4. The highest BCUT2D eigenvalue weighted by Crippen LogP contribution is 2.35. The Hall–Kier alpha value is -4.58. The van der Waals surface area contributed by atoms with Gasteiger partial charge in [-0.05, 0) is 30.2 Å². The molecule has 0 unspecified atom stereocenters. The fraction of sp³-hybridized carbons (Fsp3) is 0.250. The van der Waals surface area contributed by atoms with Crippen LogP contribution in [0.1, 0.15) is 30.9 Å². The maximum Gasteiger partial charge on any atom is 0.405 e. The number of carbonyl (C=O) groups is 3. The summed E-state index contributed by atoms with van der Waals surface area (Å²) in [7, 11) is -4.01. The van der Waals surface area contributed by atoms with E-state index in [9.17, 15) is 27.9 Å². The third kappa shape index (κ3) is 7.08. The number of nitrogens with two attached hydrogens (primary N) is 2. The number of hydrogen-bond acceptors (Lipinski definition) is 7. The maximum atomic E-state index is 13.5. The van der Waals surface area contributed by atoms with Gasteiger partial charge in [0.2, 0.25) is 11.5 Å². The highest BCUT2D eigenvalue weighted by atomic mass is 32.2. The zero-order valence-corrected chi connectivity index (χ0v) is 22.8. The van der Waals surface area contributed by atoms with Crippen LogP contribution in [0.25, 0.3) is 0 Å². The molecule has 0 aromatic heterocycles. The van der Waals surface area contributed by atoms with Gasteiger partial charge in [0.05, 0.1) is 17.0 Å². The zero-order valence-electron chi connectivity index (χ0n) is 21.9. The van der Waals surface area contributed by atoms with E-state index in [1.54, 1.807) is 61.5 Å². The SMILES string of the molecule is CCCN(c1cccc(CNC(=O)[C@@](CC(N)=O)(Cc2ccccc2)OC(N)=O)c1O)S(=O)(=O)c1ccccc1. The molecule has 3 aromatic rings. The molecule has 0 radical (unpaired) electrons. The summed E-state index contributed by atoms with van der Waals surface area (Å²) < 4.78 is 33.1. The summed E-state index contributed by atoms with van der Waals surface area (Å²) in [5.74, 6) is -2.14. The van der Waals surface area contributed by atoms with Crippen molar-refractivity contribution < 1.29 is 32.6 Å². The lowest BCUT2D eigenvalue weighted by Crippen LogP contribution is -2.54. The van der Waals surface area contributed by atoms with Gasteiger partial charge in [-0.25, -0.2) is 13.2 Å². The van der Waals surface area contributed by atoms with E-state index in [0.717, 1.165) is 4.31 Å². The number of carbonyl (C=O) groups excluding carboxylic acids is 3. The van der Waals surface area contributed by atoms with Gasteiger partial charge in [-0.1, -0.05) is 67.6 Å². The molecule has 6 N–H and O–H groups in total. The molecular formula is C28H32N4O7S. The highest BCUT2D eigenvalue weighted by Gasteiger charge is 2.44. The maximum absolute atomic E-state index is 13.5. The van der Waals surface area contributed by atoms with E-state index < -0.39 is 40.0 Å². The van der Waals surface area contributed by atoms with Crippen molar-refractivity contribution in [3.05, 3.63) is 90.0 Å². The fourth-order valence-electron chi connectivity index (χ4n) is 4.29. The number of benzene rings is 3. The Morgan fingerprint density at radius 2 is 1.57 bits per heavy atom. The standard InChI is InChI=1S/C28H32N4O7S/c1-2-16-32(40(37,38)22-13-7-4-8-14-22)23-15-9-12-21(25(23)34)19-31-26(35)28(18-24(29)33,39-27(30)36)17-20-10-5-3-6-11-20/h3-15,34H,2,16-19H2,1H3,(H2,29,33)(H2,30,36)(H,31,35)/t28-/m0/s1. The van der Waals surface area contributed by atoms with E-state index in [2.05, 4.69) is 5.32 Å². The van der Waals surface area contributed by atoms with Gasteiger partial charge < -0.3 is 26.6 Å². The lowest BCUT2D eigenvalue weighted by Gasteiger charge is -2.31. The number of primary amides is 2. The van der Waals surface area contributed by atoms with Crippen molar-refractivity contribution in [2.24, 2.45) is 11.5 Å². The predicted octanol–water partition coefficient (Wildman–Crippen LogP) is 2.57. The van der Waals surface area contributed by atoms with Crippen LogP contribution >= 0.6 is 0 Å². The largest absolute Gasteiger partial charge is 0.505 e. The number of anilines is 1. The number of sulfonamides is 1. The summed E-state index contributed by atoms with van der Waals surface area (Å²) in [6.45, 7) is 1.60. The molecule has 0 fully saturated rings. The quantitative estimate of drug-likeness (QED) is 0.244. The van der Waals surface area contributed by atoms with Gasteiger partial charge in [0, 0.05) is 25.1 Å². The van der Waals surface area contributed by atoms with Crippen LogP contribution in [0, 0.1) is 0 Å². The molecular weight excluding hydrogens is 536 g/mol. The number of para-hydroxylation sites is 1. The first-order valence-electron chi connectivity index (χ1n) is 12.5. The average molecular weight is 569 g/mol. The van der Waals surface area contributed by atoms with E-state index in [1.807, 2.05) is 0 Å². The van der Waals surface area contributed by atoms with Gasteiger partial charge in [0.1, 0.15) is 5.75 Å². The molecule has 0 saturated heterocycles. The summed E-state index contributed by atoms with van der Waals surface area (Å²) in [5, 5.41) is 13.7. The van der Waals surface area contributed by atoms with Gasteiger partial charge in [-0.3, -0.25) is 13.9 Å². The normalized spacial score (nSPS) is 12.6. The Kier molecular flexibility index (Phi) is 9.73. The smallest absolute Gasteiger partial charge is 0.405 e. The molecule has 11 nitrogen and oxygen atoms in total. The van der Waals surface area contributed by atoms with Crippen molar-refractivity contribution >= 4 is 33.6 Å². The van der Waals surface area contributed by atoms with Crippen LogP contribution in [0.3, 0.4) is 0 Å². The molecule has 3 aromatic carbocycles. The Labute approximate surface area is 232 Å². The molecule has 3 rings (SSSR count). The Balaban J connectivity index is 1.94. The molecule has 1 atom stereocenters. The monoisotopic (exact) mass is 568 g/mol. The lowest BCUT2D eigenvalue weighted by atomic mass is 9.89. The summed E-state index contributed by atoms with van der Waals surface area (Å²) in [5.41, 5.74) is 9.37. The van der Waals surface area contributed by atoms with Gasteiger partial charge in [0.25, 0.3) is 15.9 Å².